The lowest BCUT2D eigenvalue weighted by atomic mass is 10.1. The third kappa shape index (κ3) is 5.56. The molecule has 0 radical (unpaired) electrons. The number of aliphatic carboxylic acids is 2. The van der Waals surface area contributed by atoms with Crippen molar-refractivity contribution < 1.29 is 24.5 Å². The summed E-state index contributed by atoms with van der Waals surface area (Å²) < 4.78 is 5.42. The second-order valence-corrected chi connectivity index (χ2v) is 4.33. The van der Waals surface area contributed by atoms with Gasteiger partial charge in [0.15, 0.2) is 6.10 Å². The number of unbranched alkanes of at least 4 members (excludes halogenated alkanes) is 1. The summed E-state index contributed by atoms with van der Waals surface area (Å²) in [5.41, 5.74) is 0.709. The second kappa shape index (κ2) is 7.99. The van der Waals surface area contributed by atoms with Gasteiger partial charge in [-0.15, -0.1) is 0 Å². The molecule has 5 heteroatoms. The molecule has 0 aliphatic rings. The largest absolute Gasteiger partial charge is 0.479 e. The summed E-state index contributed by atoms with van der Waals surface area (Å²) in [5.74, 6) is -1.54. The van der Waals surface area contributed by atoms with E-state index >= 15 is 0 Å². The average Bonchev–Trinajstić information content (AvgIpc) is 2.42. The molecule has 0 aliphatic heterocycles. The maximum Gasteiger partial charge on any atom is 0.344 e. The summed E-state index contributed by atoms with van der Waals surface area (Å²) in [5, 5.41) is 17.6. The Morgan fingerprint density at radius 3 is 2.40 bits per heavy atom. The maximum atomic E-state index is 11.1. The molecule has 0 aliphatic carbocycles. The first kappa shape index (κ1) is 15.8. The minimum Gasteiger partial charge on any atom is -0.479 e. The van der Waals surface area contributed by atoms with Gasteiger partial charge in [-0.1, -0.05) is 25.5 Å². The van der Waals surface area contributed by atoms with Gasteiger partial charge in [0.2, 0.25) is 0 Å². The van der Waals surface area contributed by atoms with E-state index < -0.39 is 18.0 Å². The van der Waals surface area contributed by atoms with E-state index in [9.17, 15) is 9.59 Å². The lowest BCUT2D eigenvalue weighted by Crippen LogP contribution is -2.26. The standard InChI is InChI=1S/C15H18O5/c1-2-3-4-13(15(18)19)20-12-8-5-11(6-9-12)7-10-14(16)17/h5-10,13H,2-4H2,1H3,(H,16,17)(H,18,19)/b10-7+/t13-/m0/s1. The van der Waals surface area contributed by atoms with E-state index in [0.29, 0.717) is 17.7 Å². The predicted octanol–water partition coefficient (Wildman–Crippen LogP) is 2.81. The van der Waals surface area contributed by atoms with Crippen molar-refractivity contribution in [2.75, 3.05) is 0 Å². The topological polar surface area (TPSA) is 83.8 Å². The van der Waals surface area contributed by atoms with Gasteiger partial charge in [0.1, 0.15) is 5.75 Å². The van der Waals surface area contributed by atoms with Gasteiger partial charge in [0.05, 0.1) is 0 Å². The van der Waals surface area contributed by atoms with Crippen molar-refractivity contribution in [1.82, 2.24) is 0 Å². The van der Waals surface area contributed by atoms with Crippen molar-refractivity contribution in [3.63, 3.8) is 0 Å². The Balaban J connectivity index is 2.67. The van der Waals surface area contributed by atoms with E-state index in [4.69, 9.17) is 14.9 Å². The number of ether oxygens (including phenoxy) is 1. The number of rotatable bonds is 8. The highest BCUT2D eigenvalue weighted by molar-refractivity contribution is 5.85. The molecule has 1 atom stereocenters. The van der Waals surface area contributed by atoms with Crippen molar-refractivity contribution >= 4 is 18.0 Å². The molecule has 0 unspecified atom stereocenters. The minimum absolute atomic E-state index is 0.459. The molecule has 0 saturated carbocycles. The van der Waals surface area contributed by atoms with Gasteiger partial charge in [-0.05, 0) is 36.6 Å². The van der Waals surface area contributed by atoms with E-state index in [1.165, 1.54) is 6.08 Å². The summed E-state index contributed by atoms with van der Waals surface area (Å²) in [6.45, 7) is 1.99. The molecule has 0 heterocycles. The van der Waals surface area contributed by atoms with Crippen molar-refractivity contribution in [3.8, 4) is 5.75 Å². The van der Waals surface area contributed by atoms with Crippen LogP contribution < -0.4 is 4.74 Å². The highest BCUT2D eigenvalue weighted by Gasteiger charge is 2.18. The smallest absolute Gasteiger partial charge is 0.344 e. The highest BCUT2D eigenvalue weighted by Crippen LogP contribution is 2.17. The normalized spacial score (nSPS) is 12.2. The number of benzene rings is 1. The van der Waals surface area contributed by atoms with Gasteiger partial charge in [0, 0.05) is 6.08 Å². The van der Waals surface area contributed by atoms with E-state index in [1.807, 2.05) is 6.92 Å². The summed E-state index contributed by atoms with van der Waals surface area (Å²) in [7, 11) is 0. The van der Waals surface area contributed by atoms with Gasteiger partial charge in [-0.2, -0.15) is 0 Å². The van der Waals surface area contributed by atoms with Crippen LogP contribution in [0.3, 0.4) is 0 Å². The molecule has 0 fully saturated rings. The monoisotopic (exact) mass is 278 g/mol. The zero-order valence-corrected chi connectivity index (χ0v) is 11.3. The molecule has 0 amide bonds. The molecule has 5 nitrogen and oxygen atoms in total. The molecule has 108 valence electrons. The van der Waals surface area contributed by atoms with Crippen molar-refractivity contribution in [3.05, 3.63) is 35.9 Å². The first-order valence-corrected chi connectivity index (χ1v) is 6.43. The van der Waals surface area contributed by atoms with E-state index in [2.05, 4.69) is 0 Å². The summed E-state index contributed by atoms with van der Waals surface area (Å²) in [6.07, 6.45) is 3.81. The fourth-order valence-corrected chi connectivity index (χ4v) is 1.61. The third-order valence-corrected chi connectivity index (χ3v) is 2.67. The lowest BCUT2D eigenvalue weighted by Gasteiger charge is -2.14. The molecule has 2 N–H and O–H groups in total. The van der Waals surface area contributed by atoms with Gasteiger partial charge in [-0.3, -0.25) is 0 Å². The van der Waals surface area contributed by atoms with Crippen LogP contribution >= 0.6 is 0 Å². The quantitative estimate of drug-likeness (QED) is 0.714. The molecule has 1 rings (SSSR count). The average molecular weight is 278 g/mol. The summed E-state index contributed by atoms with van der Waals surface area (Å²) >= 11 is 0. The number of carbonyl (C=O) groups is 2. The SMILES string of the molecule is CCCC[C@H](Oc1ccc(/C=C/C(=O)O)cc1)C(=O)O. The van der Waals surface area contributed by atoms with Gasteiger partial charge in [0.25, 0.3) is 0 Å². The zero-order valence-electron chi connectivity index (χ0n) is 11.3. The Labute approximate surface area is 117 Å². The van der Waals surface area contributed by atoms with E-state index in [-0.39, 0.29) is 0 Å². The Kier molecular flexibility index (Phi) is 6.29. The van der Waals surface area contributed by atoms with Crippen LogP contribution in [0.5, 0.6) is 5.75 Å². The summed E-state index contributed by atoms with van der Waals surface area (Å²) in [6, 6.07) is 6.60. The predicted molar refractivity (Wildman–Crippen MR) is 74.7 cm³/mol. The first-order chi connectivity index (χ1) is 9.52. The number of carboxylic acid groups (broad SMARTS) is 2. The Bertz CT molecular complexity index is 476. The maximum absolute atomic E-state index is 11.1. The van der Waals surface area contributed by atoms with Crippen LogP contribution in [0, 0.1) is 0 Å². The van der Waals surface area contributed by atoms with Crippen LogP contribution in [-0.4, -0.2) is 28.3 Å². The zero-order chi connectivity index (χ0) is 15.0. The van der Waals surface area contributed by atoms with Crippen LogP contribution in [0.15, 0.2) is 30.3 Å². The number of hydrogen-bond acceptors (Lipinski definition) is 3. The van der Waals surface area contributed by atoms with E-state index in [0.717, 1.165) is 18.9 Å². The van der Waals surface area contributed by atoms with E-state index in [1.54, 1.807) is 24.3 Å². The molecule has 1 aromatic carbocycles. The highest BCUT2D eigenvalue weighted by atomic mass is 16.5. The fourth-order valence-electron chi connectivity index (χ4n) is 1.61. The van der Waals surface area contributed by atoms with Crippen LogP contribution in [0.25, 0.3) is 6.08 Å². The van der Waals surface area contributed by atoms with Crippen LogP contribution in [0.2, 0.25) is 0 Å². The van der Waals surface area contributed by atoms with Gasteiger partial charge < -0.3 is 14.9 Å². The molecular weight excluding hydrogens is 260 g/mol. The van der Waals surface area contributed by atoms with Crippen molar-refractivity contribution in [2.24, 2.45) is 0 Å². The Morgan fingerprint density at radius 1 is 1.25 bits per heavy atom. The number of carboxylic acids is 2. The molecule has 0 spiro atoms. The molecular formula is C15H18O5. The van der Waals surface area contributed by atoms with Crippen LogP contribution in [0.1, 0.15) is 31.7 Å². The summed E-state index contributed by atoms with van der Waals surface area (Å²) in [4.78, 5) is 21.4. The van der Waals surface area contributed by atoms with Crippen LogP contribution in [0.4, 0.5) is 0 Å². The van der Waals surface area contributed by atoms with Crippen molar-refractivity contribution in [2.45, 2.75) is 32.3 Å². The molecule has 1 aromatic rings. The molecule has 0 aromatic heterocycles. The van der Waals surface area contributed by atoms with Gasteiger partial charge in [-0.25, -0.2) is 9.59 Å². The fraction of sp³-hybridized carbons (Fsp3) is 0.333. The Morgan fingerprint density at radius 2 is 1.90 bits per heavy atom. The Hall–Kier alpha value is -2.30. The second-order valence-electron chi connectivity index (χ2n) is 4.33. The van der Waals surface area contributed by atoms with Gasteiger partial charge >= 0.3 is 11.9 Å². The lowest BCUT2D eigenvalue weighted by molar-refractivity contribution is -0.145. The third-order valence-electron chi connectivity index (χ3n) is 2.67. The molecule has 20 heavy (non-hydrogen) atoms. The molecule has 0 bridgehead atoms. The molecule has 0 saturated heterocycles. The van der Waals surface area contributed by atoms with Crippen LogP contribution in [-0.2, 0) is 9.59 Å². The minimum atomic E-state index is -1.02. The number of hydrogen-bond donors (Lipinski definition) is 2. The first-order valence-electron chi connectivity index (χ1n) is 6.43. The van der Waals surface area contributed by atoms with Crippen molar-refractivity contribution in [1.29, 1.82) is 0 Å².